The van der Waals surface area contributed by atoms with Crippen LogP contribution >= 0.6 is 23.8 Å². The minimum Gasteiger partial charge on any atom is -0.390 e. The monoisotopic (exact) mass is 517 g/mol. The summed E-state index contributed by atoms with van der Waals surface area (Å²) in [6, 6.07) is 12.2. The first-order chi connectivity index (χ1) is 16.3. The highest BCUT2D eigenvalue weighted by molar-refractivity contribution is 7.91. The molecule has 4 N–H and O–H groups in total. The smallest absolute Gasteiger partial charge is 0.263 e. The molecule has 8 nitrogen and oxygen atoms in total. The zero-order chi connectivity index (χ0) is 24.3. The Bertz CT molecular complexity index is 1260. The SMILES string of the molecule is NC=NC(=S)NS(=O)(=O)c1ccc(N2CC[C@@H](NC(=O)CC3C=Cc4cccc(Cl)c43)C2)cc1. The van der Waals surface area contributed by atoms with Gasteiger partial charge in [-0.25, -0.2) is 13.4 Å². The Hall–Kier alpha value is -2.95. The standard InChI is InChI=1S/C23H24ClN5O3S2/c24-20-3-1-2-15-4-5-16(22(15)20)12-21(30)27-17-10-11-29(13-17)18-6-8-19(9-7-18)34(31,32)28-23(33)26-14-25/h1-9,14,16-17H,10-13H2,(H,27,30)(H3,25,26,28,33)/t16?,17-/m1/s1. The van der Waals surface area contributed by atoms with Gasteiger partial charge in [-0.15, -0.1) is 0 Å². The molecule has 2 aromatic carbocycles. The van der Waals surface area contributed by atoms with Crippen LogP contribution in [0.2, 0.25) is 5.02 Å². The lowest BCUT2D eigenvalue weighted by Gasteiger charge is -2.20. The van der Waals surface area contributed by atoms with Crippen molar-refractivity contribution in [3.8, 4) is 0 Å². The lowest BCUT2D eigenvalue weighted by Crippen LogP contribution is -2.37. The van der Waals surface area contributed by atoms with Gasteiger partial charge in [0.2, 0.25) is 11.0 Å². The van der Waals surface area contributed by atoms with E-state index in [1.165, 1.54) is 12.1 Å². The predicted molar refractivity (Wildman–Crippen MR) is 139 cm³/mol. The van der Waals surface area contributed by atoms with Crippen molar-refractivity contribution >= 4 is 63.0 Å². The van der Waals surface area contributed by atoms with E-state index >= 15 is 0 Å². The third-order valence-corrected chi connectivity index (χ3v) is 7.87. The lowest BCUT2D eigenvalue weighted by atomic mass is 9.97. The van der Waals surface area contributed by atoms with Gasteiger partial charge in [0.15, 0.2) is 0 Å². The average molecular weight is 518 g/mol. The molecule has 1 aliphatic heterocycles. The van der Waals surface area contributed by atoms with E-state index in [2.05, 4.69) is 19.9 Å². The molecular formula is C23H24ClN5O3S2. The van der Waals surface area contributed by atoms with E-state index in [1.54, 1.807) is 12.1 Å². The number of carbonyl (C=O) groups excluding carboxylic acids is 1. The topological polar surface area (TPSA) is 117 Å². The minimum atomic E-state index is -3.84. The molecule has 34 heavy (non-hydrogen) atoms. The second-order valence-corrected chi connectivity index (χ2v) is 10.6. The molecule has 0 aromatic heterocycles. The zero-order valence-electron chi connectivity index (χ0n) is 18.1. The molecule has 1 aliphatic carbocycles. The number of hydrogen-bond acceptors (Lipinski definition) is 5. The number of amides is 1. The molecule has 1 saturated heterocycles. The summed E-state index contributed by atoms with van der Waals surface area (Å²) >= 11 is 11.2. The summed E-state index contributed by atoms with van der Waals surface area (Å²) in [7, 11) is -3.84. The summed E-state index contributed by atoms with van der Waals surface area (Å²) in [6.45, 7) is 1.39. The zero-order valence-corrected chi connectivity index (χ0v) is 20.5. The number of aliphatic imine (C=N–C) groups is 1. The van der Waals surface area contributed by atoms with Crippen LogP contribution in [0.4, 0.5) is 5.69 Å². The molecule has 2 atom stereocenters. The van der Waals surface area contributed by atoms with Crippen molar-refractivity contribution in [2.24, 2.45) is 10.7 Å². The van der Waals surface area contributed by atoms with Crippen molar-refractivity contribution in [3.63, 3.8) is 0 Å². The maximum atomic E-state index is 12.7. The van der Waals surface area contributed by atoms with E-state index in [9.17, 15) is 13.2 Å². The maximum Gasteiger partial charge on any atom is 0.263 e. The highest BCUT2D eigenvalue weighted by Gasteiger charge is 2.27. The number of nitrogens with one attached hydrogen (secondary N) is 2. The molecule has 1 amide bonds. The van der Waals surface area contributed by atoms with Crippen LogP contribution in [-0.2, 0) is 14.8 Å². The number of sulfonamides is 1. The summed E-state index contributed by atoms with van der Waals surface area (Å²) in [4.78, 5) is 18.4. The molecular weight excluding hydrogens is 494 g/mol. The van der Waals surface area contributed by atoms with Gasteiger partial charge in [0.25, 0.3) is 10.0 Å². The van der Waals surface area contributed by atoms with Gasteiger partial charge in [-0.2, -0.15) is 0 Å². The third-order valence-electron chi connectivity index (χ3n) is 5.85. The van der Waals surface area contributed by atoms with Gasteiger partial charge in [0.1, 0.15) is 0 Å². The fourth-order valence-electron chi connectivity index (χ4n) is 4.28. The van der Waals surface area contributed by atoms with Crippen LogP contribution in [0.15, 0.2) is 58.4 Å². The molecule has 0 spiro atoms. The van der Waals surface area contributed by atoms with Gasteiger partial charge in [0.05, 0.1) is 11.2 Å². The van der Waals surface area contributed by atoms with Crippen molar-refractivity contribution in [2.75, 3.05) is 18.0 Å². The summed E-state index contributed by atoms with van der Waals surface area (Å²) in [5.74, 6) is -0.0365. The molecule has 11 heteroatoms. The Morgan fingerprint density at radius 2 is 2.03 bits per heavy atom. The van der Waals surface area contributed by atoms with Gasteiger partial charge < -0.3 is 16.0 Å². The Kier molecular flexibility index (Phi) is 7.20. The van der Waals surface area contributed by atoms with E-state index < -0.39 is 10.0 Å². The number of anilines is 1. The molecule has 1 heterocycles. The number of carbonyl (C=O) groups is 1. The van der Waals surface area contributed by atoms with Gasteiger partial charge >= 0.3 is 0 Å². The summed E-state index contributed by atoms with van der Waals surface area (Å²) < 4.78 is 26.9. The Morgan fingerprint density at radius 3 is 2.76 bits per heavy atom. The van der Waals surface area contributed by atoms with Crippen molar-refractivity contribution in [1.29, 1.82) is 0 Å². The summed E-state index contributed by atoms with van der Waals surface area (Å²) in [5.41, 5.74) is 8.07. The van der Waals surface area contributed by atoms with Crippen molar-refractivity contribution in [2.45, 2.75) is 29.7 Å². The largest absolute Gasteiger partial charge is 0.390 e. The predicted octanol–water partition coefficient (Wildman–Crippen LogP) is 2.79. The molecule has 4 rings (SSSR count). The van der Waals surface area contributed by atoms with Crippen LogP contribution in [0.1, 0.15) is 29.9 Å². The van der Waals surface area contributed by atoms with Crippen LogP contribution < -0.4 is 20.7 Å². The number of fused-ring (bicyclic) bond motifs is 1. The summed E-state index contributed by atoms with van der Waals surface area (Å²) in [6.07, 6.45) is 6.11. The number of benzene rings is 2. The highest BCUT2D eigenvalue weighted by atomic mass is 35.5. The van der Waals surface area contributed by atoms with Crippen LogP contribution in [-0.4, -0.2) is 44.9 Å². The number of nitrogens with two attached hydrogens (primary N) is 1. The quantitative estimate of drug-likeness (QED) is 0.308. The van der Waals surface area contributed by atoms with Crippen molar-refractivity contribution in [1.82, 2.24) is 10.0 Å². The molecule has 2 aromatic rings. The van der Waals surface area contributed by atoms with Gasteiger partial charge in [-0.05, 0) is 60.1 Å². The fourth-order valence-corrected chi connectivity index (χ4v) is 5.89. The number of nitrogens with zero attached hydrogens (tertiary/aromatic N) is 2. The Balaban J connectivity index is 1.32. The normalized spacial score (nSPS) is 19.4. The van der Waals surface area contributed by atoms with E-state index in [4.69, 9.17) is 29.6 Å². The van der Waals surface area contributed by atoms with Crippen LogP contribution in [0.5, 0.6) is 0 Å². The number of halogens is 1. The Morgan fingerprint density at radius 1 is 1.26 bits per heavy atom. The lowest BCUT2D eigenvalue weighted by molar-refractivity contribution is -0.121. The van der Waals surface area contributed by atoms with E-state index in [1.807, 2.05) is 30.4 Å². The number of thiocarbonyl (C=S) groups is 1. The molecule has 0 radical (unpaired) electrons. The second kappa shape index (κ2) is 10.1. The highest BCUT2D eigenvalue weighted by Crippen LogP contribution is 2.37. The van der Waals surface area contributed by atoms with E-state index in [0.717, 1.165) is 36.1 Å². The van der Waals surface area contributed by atoms with Crippen LogP contribution in [0.3, 0.4) is 0 Å². The molecule has 0 saturated carbocycles. The van der Waals surface area contributed by atoms with Crippen LogP contribution in [0, 0.1) is 0 Å². The van der Waals surface area contributed by atoms with Crippen LogP contribution in [0.25, 0.3) is 6.08 Å². The number of hydrogen-bond donors (Lipinski definition) is 3. The molecule has 1 fully saturated rings. The van der Waals surface area contributed by atoms with Gasteiger partial charge in [-0.1, -0.05) is 35.9 Å². The third kappa shape index (κ3) is 5.40. The van der Waals surface area contributed by atoms with Crippen molar-refractivity contribution in [3.05, 3.63) is 64.7 Å². The number of allylic oxidation sites excluding steroid dienone is 1. The van der Waals surface area contributed by atoms with Crippen molar-refractivity contribution < 1.29 is 13.2 Å². The maximum absolute atomic E-state index is 12.7. The van der Waals surface area contributed by atoms with Gasteiger partial charge in [-0.3, -0.25) is 9.52 Å². The molecule has 178 valence electrons. The first-order valence-corrected chi connectivity index (χ1v) is 13.0. The second-order valence-electron chi connectivity index (χ2n) is 8.09. The van der Waals surface area contributed by atoms with E-state index in [-0.39, 0.29) is 27.9 Å². The summed E-state index contributed by atoms with van der Waals surface area (Å²) in [5, 5.41) is 3.57. The van der Waals surface area contributed by atoms with E-state index in [0.29, 0.717) is 18.0 Å². The minimum absolute atomic E-state index is 0.0140. The number of rotatable bonds is 6. The Labute approximate surface area is 208 Å². The molecule has 1 unspecified atom stereocenters. The molecule has 0 bridgehead atoms. The van der Waals surface area contributed by atoms with Gasteiger partial charge in [0, 0.05) is 42.2 Å². The molecule has 2 aliphatic rings. The first kappa shape index (κ1) is 24.2. The first-order valence-electron chi connectivity index (χ1n) is 10.7. The fraction of sp³-hybridized carbons (Fsp3) is 0.261. The average Bonchev–Trinajstić information content (AvgIpc) is 3.42.